The Morgan fingerprint density at radius 2 is 1.92 bits per heavy atom. The maximum atomic E-state index is 5.55. The molecular formula is C9H15N3O. The monoisotopic (exact) mass is 181 g/mol. The summed E-state index contributed by atoms with van der Waals surface area (Å²) >= 11 is 0. The Labute approximate surface area is 78.1 Å². The number of hydrogen-bond donors (Lipinski definition) is 1. The highest BCUT2D eigenvalue weighted by molar-refractivity contribution is 5.32. The molecule has 0 unspecified atom stereocenters. The molecule has 1 rings (SSSR count). The molecule has 0 spiro atoms. The third-order valence-electron chi connectivity index (χ3n) is 1.25. The van der Waals surface area contributed by atoms with Crippen molar-refractivity contribution in [2.45, 2.75) is 33.3 Å². The molecule has 0 aromatic carbocycles. The summed E-state index contributed by atoms with van der Waals surface area (Å²) in [6, 6.07) is 1.62. The summed E-state index contributed by atoms with van der Waals surface area (Å²) in [5, 5.41) is 0. The van der Waals surface area contributed by atoms with Crippen molar-refractivity contribution in [3.8, 4) is 5.88 Å². The highest BCUT2D eigenvalue weighted by Gasteiger charge is 2.13. The fourth-order valence-electron chi connectivity index (χ4n) is 0.928. The van der Waals surface area contributed by atoms with Gasteiger partial charge in [-0.25, -0.2) is 4.98 Å². The minimum atomic E-state index is -0.257. The first kappa shape index (κ1) is 9.77. The average Bonchev–Trinajstić information content (AvgIpc) is 1.78. The summed E-state index contributed by atoms with van der Waals surface area (Å²) < 4.78 is 5.53. The molecular weight excluding hydrogens is 166 g/mol. The van der Waals surface area contributed by atoms with Crippen molar-refractivity contribution >= 4 is 5.82 Å². The van der Waals surface area contributed by atoms with Gasteiger partial charge in [-0.2, -0.15) is 4.98 Å². The van der Waals surface area contributed by atoms with Crippen molar-refractivity contribution in [2.24, 2.45) is 0 Å². The van der Waals surface area contributed by atoms with E-state index in [-0.39, 0.29) is 5.60 Å². The Kier molecular flexibility index (Phi) is 2.40. The lowest BCUT2D eigenvalue weighted by molar-refractivity contribution is 0.124. The summed E-state index contributed by atoms with van der Waals surface area (Å²) in [6.45, 7) is 7.66. The molecule has 0 amide bonds. The van der Waals surface area contributed by atoms with Crippen LogP contribution in [-0.2, 0) is 0 Å². The van der Waals surface area contributed by atoms with Gasteiger partial charge in [-0.1, -0.05) is 0 Å². The average molecular weight is 181 g/mol. The van der Waals surface area contributed by atoms with Crippen LogP contribution in [0.5, 0.6) is 5.88 Å². The highest BCUT2D eigenvalue weighted by atomic mass is 16.5. The predicted molar refractivity (Wildman–Crippen MR) is 51.6 cm³/mol. The fourth-order valence-corrected chi connectivity index (χ4v) is 0.928. The Balaban J connectivity index is 2.90. The molecule has 0 saturated carbocycles. The van der Waals surface area contributed by atoms with Crippen LogP contribution in [0.15, 0.2) is 6.07 Å². The first-order chi connectivity index (χ1) is 5.87. The quantitative estimate of drug-likeness (QED) is 0.714. The minimum Gasteiger partial charge on any atom is -0.472 e. The molecule has 4 nitrogen and oxygen atoms in total. The normalized spacial score (nSPS) is 11.4. The first-order valence-corrected chi connectivity index (χ1v) is 4.17. The van der Waals surface area contributed by atoms with E-state index in [9.17, 15) is 0 Å². The van der Waals surface area contributed by atoms with Gasteiger partial charge in [0.15, 0.2) is 0 Å². The van der Waals surface area contributed by atoms with E-state index in [1.807, 2.05) is 20.8 Å². The van der Waals surface area contributed by atoms with E-state index in [4.69, 9.17) is 10.5 Å². The van der Waals surface area contributed by atoms with Crippen molar-refractivity contribution in [2.75, 3.05) is 5.73 Å². The van der Waals surface area contributed by atoms with Gasteiger partial charge < -0.3 is 10.5 Å². The van der Waals surface area contributed by atoms with Crippen LogP contribution in [0.4, 0.5) is 5.82 Å². The molecule has 0 fully saturated rings. The van der Waals surface area contributed by atoms with Crippen LogP contribution in [0.25, 0.3) is 0 Å². The standard InChI is InChI=1S/C9H15N3O/c1-6-11-7(10)5-8(12-6)13-9(2,3)4/h5H,1-4H3,(H2,10,11,12). The number of nitrogens with zero attached hydrogens (tertiary/aromatic N) is 2. The summed E-state index contributed by atoms with van der Waals surface area (Å²) in [4.78, 5) is 8.06. The maximum Gasteiger partial charge on any atom is 0.219 e. The van der Waals surface area contributed by atoms with Gasteiger partial charge in [0.2, 0.25) is 5.88 Å². The van der Waals surface area contributed by atoms with Gasteiger partial charge >= 0.3 is 0 Å². The molecule has 0 saturated heterocycles. The fraction of sp³-hybridized carbons (Fsp3) is 0.556. The Morgan fingerprint density at radius 3 is 2.38 bits per heavy atom. The topological polar surface area (TPSA) is 61.0 Å². The second-order valence-electron chi connectivity index (χ2n) is 3.89. The Bertz CT molecular complexity index is 284. The van der Waals surface area contributed by atoms with Gasteiger partial charge in [-0.15, -0.1) is 0 Å². The second-order valence-corrected chi connectivity index (χ2v) is 3.89. The van der Waals surface area contributed by atoms with Crippen LogP contribution in [0.3, 0.4) is 0 Å². The van der Waals surface area contributed by atoms with E-state index in [0.717, 1.165) is 0 Å². The third kappa shape index (κ3) is 3.27. The van der Waals surface area contributed by atoms with E-state index in [2.05, 4.69) is 9.97 Å². The number of nitrogens with two attached hydrogens (primary N) is 1. The first-order valence-electron chi connectivity index (χ1n) is 4.17. The molecule has 4 heteroatoms. The minimum absolute atomic E-state index is 0.257. The molecule has 0 bridgehead atoms. The summed E-state index contributed by atoms with van der Waals surface area (Å²) in [5.74, 6) is 1.59. The lowest BCUT2D eigenvalue weighted by atomic mass is 10.2. The summed E-state index contributed by atoms with van der Waals surface area (Å²) in [5.41, 5.74) is 5.29. The van der Waals surface area contributed by atoms with Gasteiger partial charge in [-0.05, 0) is 27.7 Å². The molecule has 0 aliphatic heterocycles. The van der Waals surface area contributed by atoms with Crippen LogP contribution in [0, 0.1) is 6.92 Å². The number of ether oxygens (including phenoxy) is 1. The second kappa shape index (κ2) is 3.20. The van der Waals surface area contributed by atoms with Crippen molar-refractivity contribution in [1.82, 2.24) is 9.97 Å². The number of aryl methyl sites for hydroxylation is 1. The largest absolute Gasteiger partial charge is 0.472 e. The zero-order valence-electron chi connectivity index (χ0n) is 8.46. The zero-order valence-corrected chi connectivity index (χ0v) is 8.46. The van der Waals surface area contributed by atoms with Crippen LogP contribution < -0.4 is 10.5 Å². The molecule has 0 aliphatic rings. The maximum absolute atomic E-state index is 5.55. The molecule has 0 aliphatic carbocycles. The number of nitrogen functional groups attached to an aromatic ring is 1. The SMILES string of the molecule is Cc1nc(N)cc(OC(C)(C)C)n1. The van der Waals surface area contributed by atoms with E-state index in [1.165, 1.54) is 0 Å². The summed E-state index contributed by atoms with van der Waals surface area (Å²) in [7, 11) is 0. The molecule has 13 heavy (non-hydrogen) atoms. The smallest absolute Gasteiger partial charge is 0.219 e. The highest BCUT2D eigenvalue weighted by Crippen LogP contribution is 2.16. The van der Waals surface area contributed by atoms with Crippen LogP contribution in [0.2, 0.25) is 0 Å². The van der Waals surface area contributed by atoms with E-state index in [0.29, 0.717) is 17.5 Å². The molecule has 2 N–H and O–H groups in total. The molecule has 1 aromatic heterocycles. The molecule has 0 atom stereocenters. The summed E-state index contributed by atoms with van der Waals surface area (Å²) in [6.07, 6.45) is 0. The molecule has 0 radical (unpaired) electrons. The zero-order chi connectivity index (χ0) is 10.1. The van der Waals surface area contributed by atoms with Gasteiger partial charge in [0.25, 0.3) is 0 Å². The van der Waals surface area contributed by atoms with Crippen molar-refractivity contribution < 1.29 is 4.74 Å². The number of anilines is 1. The van der Waals surface area contributed by atoms with Crippen LogP contribution >= 0.6 is 0 Å². The van der Waals surface area contributed by atoms with Crippen molar-refractivity contribution in [3.63, 3.8) is 0 Å². The Morgan fingerprint density at radius 1 is 1.31 bits per heavy atom. The predicted octanol–water partition coefficient (Wildman–Crippen LogP) is 1.54. The van der Waals surface area contributed by atoms with E-state index < -0.39 is 0 Å². The Hall–Kier alpha value is -1.32. The van der Waals surface area contributed by atoms with E-state index >= 15 is 0 Å². The van der Waals surface area contributed by atoms with Gasteiger partial charge in [0, 0.05) is 6.07 Å². The molecule has 72 valence electrons. The van der Waals surface area contributed by atoms with Gasteiger partial charge in [0.1, 0.15) is 17.2 Å². The van der Waals surface area contributed by atoms with Crippen LogP contribution in [0.1, 0.15) is 26.6 Å². The van der Waals surface area contributed by atoms with Crippen molar-refractivity contribution in [3.05, 3.63) is 11.9 Å². The third-order valence-corrected chi connectivity index (χ3v) is 1.25. The van der Waals surface area contributed by atoms with Crippen molar-refractivity contribution in [1.29, 1.82) is 0 Å². The molecule has 1 aromatic rings. The van der Waals surface area contributed by atoms with E-state index in [1.54, 1.807) is 13.0 Å². The number of rotatable bonds is 1. The number of hydrogen-bond acceptors (Lipinski definition) is 4. The lowest BCUT2D eigenvalue weighted by Crippen LogP contribution is -2.23. The molecule has 1 heterocycles. The van der Waals surface area contributed by atoms with Gasteiger partial charge in [-0.3, -0.25) is 0 Å². The van der Waals surface area contributed by atoms with Gasteiger partial charge in [0.05, 0.1) is 0 Å². The van der Waals surface area contributed by atoms with Crippen LogP contribution in [-0.4, -0.2) is 15.6 Å². The number of aromatic nitrogens is 2. The lowest BCUT2D eigenvalue weighted by Gasteiger charge is -2.20.